The maximum absolute atomic E-state index is 12.2. The van der Waals surface area contributed by atoms with Gasteiger partial charge in [-0.25, -0.2) is 9.78 Å². The number of carbonyl (C=O) groups is 2. The molecule has 1 aromatic heterocycles. The van der Waals surface area contributed by atoms with Gasteiger partial charge in [0.2, 0.25) is 5.91 Å². The topological polar surface area (TPSA) is 74.3 Å². The van der Waals surface area contributed by atoms with E-state index in [9.17, 15) is 9.59 Å². The van der Waals surface area contributed by atoms with Crippen LogP contribution in [-0.4, -0.2) is 42.0 Å². The SMILES string of the molecule is CC(=O)NCCCNC(=O)N(C)C(C)c1nc2ccccc2s1. The fourth-order valence-electron chi connectivity index (χ4n) is 2.08. The molecule has 0 bridgehead atoms. The van der Waals surface area contributed by atoms with E-state index in [2.05, 4.69) is 15.6 Å². The molecule has 0 aliphatic carbocycles. The van der Waals surface area contributed by atoms with Gasteiger partial charge in [-0.2, -0.15) is 0 Å². The number of hydrogen-bond donors (Lipinski definition) is 2. The summed E-state index contributed by atoms with van der Waals surface area (Å²) < 4.78 is 1.12. The van der Waals surface area contributed by atoms with E-state index < -0.39 is 0 Å². The summed E-state index contributed by atoms with van der Waals surface area (Å²) in [5.74, 6) is -0.0575. The van der Waals surface area contributed by atoms with Crippen molar-refractivity contribution in [3.8, 4) is 0 Å². The molecule has 6 nitrogen and oxygen atoms in total. The molecule has 1 atom stereocenters. The number of urea groups is 1. The largest absolute Gasteiger partial charge is 0.356 e. The highest BCUT2D eigenvalue weighted by atomic mass is 32.1. The Morgan fingerprint density at radius 2 is 1.96 bits per heavy atom. The Hall–Kier alpha value is -2.15. The molecule has 2 aromatic rings. The van der Waals surface area contributed by atoms with Crippen LogP contribution in [0.5, 0.6) is 0 Å². The lowest BCUT2D eigenvalue weighted by Crippen LogP contribution is -2.39. The number of hydrogen-bond acceptors (Lipinski definition) is 4. The Morgan fingerprint density at radius 1 is 1.26 bits per heavy atom. The molecule has 0 spiro atoms. The zero-order valence-corrected chi connectivity index (χ0v) is 14.4. The predicted octanol–water partition coefficient (Wildman–Crippen LogP) is 2.52. The van der Waals surface area contributed by atoms with Crippen molar-refractivity contribution in [1.82, 2.24) is 20.5 Å². The van der Waals surface area contributed by atoms with Crippen molar-refractivity contribution >= 4 is 33.5 Å². The van der Waals surface area contributed by atoms with Crippen molar-refractivity contribution < 1.29 is 9.59 Å². The van der Waals surface area contributed by atoms with Gasteiger partial charge in [0.25, 0.3) is 0 Å². The smallest absolute Gasteiger partial charge is 0.317 e. The lowest BCUT2D eigenvalue weighted by atomic mass is 10.3. The van der Waals surface area contributed by atoms with Gasteiger partial charge in [0.15, 0.2) is 0 Å². The third-order valence-electron chi connectivity index (χ3n) is 3.57. The second-order valence-corrected chi connectivity index (χ2v) is 6.44. The fourth-order valence-corrected chi connectivity index (χ4v) is 3.15. The number of thiazole rings is 1. The zero-order valence-electron chi connectivity index (χ0n) is 13.6. The number of nitrogens with one attached hydrogen (secondary N) is 2. The molecule has 0 aliphatic rings. The molecule has 0 fully saturated rings. The van der Waals surface area contributed by atoms with E-state index in [1.54, 1.807) is 23.3 Å². The first-order chi connectivity index (χ1) is 11.0. The van der Waals surface area contributed by atoms with Gasteiger partial charge in [0, 0.05) is 27.1 Å². The number of para-hydroxylation sites is 1. The van der Waals surface area contributed by atoms with Crippen LogP contribution in [0.25, 0.3) is 10.2 Å². The molecule has 3 amide bonds. The summed E-state index contributed by atoms with van der Waals surface area (Å²) in [4.78, 5) is 29.2. The lowest BCUT2D eigenvalue weighted by molar-refractivity contribution is -0.118. The van der Waals surface area contributed by atoms with E-state index in [1.165, 1.54) is 6.92 Å². The van der Waals surface area contributed by atoms with Crippen molar-refractivity contribution in [1.29, 1.82) is 0 Å². The summed E-state index contributed by atoms with van der Waals surface area (Å²) in [7, 11) is 1.76. The van der Waals surface area contributed by atoms with Crippen molar-refractivity contribution in [2.24, 2.45) is 0 Å². The Morgan fingerprint density at radius 3 is 2.65 bits per heavy atom. The summed E-state index contributed by atoms with van der Waals surface area (Å²) in [6.45, 7) is 4.53. The zero-order chi connectivity index (χ0) is 16.8. The van der Waals surface area contributed by atoms with Gasteiger partial charge in [-0.3, -0.25) is 4.79 Å². The molecule has 1 heterocycles. The van der Waals surface area contributed by atoms with Gasteiger partial charge in [-0.15, -0.1) is 11.3 Å². The van der Waals surface area contributed by atoms with Gasteiger partial charge in [-0.05, 0) is 25.5 Å². The van der Waals surface area contributed by atoms with Crippen LogP contribution in [0.1, 0.15) is 31.3 Å². The van der Waals surface area contributed by atoms with E-state index in [0.29, 0.717) is 19.5 Å². The number of fused-ring (bicyclic) bond motifs is 1. The summed E-state index contributed by atoms with van der Waals surface area (Å²) in [5, 5.41) is 6.47. The highest BCUT2D eigenvalue weighted by Crippen LogP contribution is 2.28. The lowest BCUT2D eigenvalue weighted by Gasteiger charge is -2.23. The molecule has 1 unspecified atom stereocenters. The number of nitrogens with zero attached hydrogens (tertiary/aromatic N) is 2. The number of benzene rings is 1. The third-order valence-corrected chi connectivity index (χ3v) is 4.78. The minimum Gasteiger partial charge on any atom is -0.356 e. The molecular formula is C16H22N4O2S. The molecule has 0 radical (unpaired) electrons. The normalized spacial score (nSPS) is 12.0. The first-order valence-electron chi connectivity index (χ1n) is 7.59. The van der Waals surface area contributed by atoms with Gasteiger partial charge in [-0.1, -0.05) is 12.1 Å². The van der Waals surface area contributed by atoms with Gasteiger partial charge in [0.1, 0.15) is 5.01 Å². The number of rotatable bonds is 6. The third kappa shape index (κ3) is 4.66. The van der Waals surface area contributed by atoms with E-state index in [-0.39, 0.29) is 18.0 Å². The molecule has 0 saturated heterocycles. The molecule has 2 rings (SSSR count). The second-order valence-electron chi connectivity index (χ2n) is 5.38. The maximum Gasteiger partial charge on any atom is 0.317 e. The highest BCUT2D eigenvalue weighted by molar-refractivity contribution is 7.18. The molecule has 1 aromatic carbocycles. The summed E-state index contributed by atoms with van der Waals surface area (Å²) in [5.41, 5.74) is 0.962. The number of aromatic nitrogens is 1. The van der Waals surface area contributed by atoms with Crippen LogP contribution >= 0.6 is 11.3 Å². The van der Waals surface area contributed by atoms with Crippen LogP contribution in [0.3, 0.4) is 0 Å². The Bertz CT molecular complexity index is 653. The van der Waals surface area contributed by atoms with Gasteiger partial charge < -0.3 is 15.5 Å². The minimum atomic E-state index is -0.139. The number of carbonyl (C=O) groups excluding carboxylic acids is 2. The summed E-state index contributed by atoms with van der Waals surface area (Å²) in [6.07, 6.45) is 0.703. The highest BCUT2D eigenvalue weighted by Gasteiger charge is 2.20. The second kappa shape index (κ2) is 7.92. The van der Waals surface area contributed by atoms with Gasteiger partial charge >= 0.3 is 6.03 Å². The quantitative estimate of drug-likeness (QED) is 0.797. The molecule has 2 N–H and O–H groups in total. The summed E-state index contributed by atoms with van der Waals surface area (Å²) >= 11 is 1.61. The Balaban J connectivity index is 1.87. The maximum atomic E-state index is 12.2. The van der Waals surface area contributed by atoms with E-state index >= 15 is 0 Å². The molecule has 0 saturated carbocycles. The molecule has 124 valence electrons. The average molecular weight is 334 g/mol. The average Bonchev–Trinajstić information content (AvgIpc) is 2.96. The standard InChI is InChI=1S/C16H22N4O2S/c1-11(15-19-13-7-4-5-8-14(13)23-15)20(3)16(22)18-10-6-9-17-12(2)21/h4-5,7-8,11H,6,9-10H2,1-3H3,(H,17,21)(H,18,22). The van der Waals surface area contributed by atoms with Crippen molar-refractivity contribution in [2.45, 2.75) is 26.3 Å². The molecule has 23 heavy (non-hydrogen) atoms. The van der Waals surface area contributed by atoms with Crippen LogP contribution in [0, 0.1) is 0 Å². The predicted molar refractivity (Wildman–Crippen MR) is 92.5 cm³/mol. The van der Waals surface area contributed by atoms with Crippen LogP contribution < -0.4 is 10.6 Å². The fraction of sp³-hybridized carbons (Fsp3) is 0.438. The monoisotopic (exact) mass is 334 g/mol. The molecule has 0 aliphatic heterocycles. The first kappa shape index (κ1) is 17.2. The van der Waals surface area contributed by atoms with Crippen molar-refractivity contribution in [2.75, 3.05) is 20.1 Å². The Labute approximate surface area is 139 Å². The van der Waals surface area contributed by atoms with Crippen molar-refractivity contribution in [3.63, 3.8) is 0 Å². The van der Waals surface area contributed by atoms with Crippen LogP contribution in [0.4, 0.5) is 4.79 Å². The van der Waals surface area contributed by atoms with E-state index in [0.717, 1.165) is 15.2 Å². The van der Waals surface area contributed by atoms with Crippen LogP contribution in [0.15, 0.2) is 24.3 Å². The Kier molecular flexibility index (Phi) is 5.92. The van der Waals surface area contributed by atoms with Gasteiger partial charge in [0.05, 0.1) is 16.3 Å². The van der Waals surface area contributed by atoms with Crippen LogP contribution in [0.2, 0.25) is 0 Å². The summed E-state index contributed by atoms with van der Waals surface area (Å²) in [6, 6.07) is 7.72. The minimum absolute atomic E-state index is 0.0575. The molecular weight excluding hydrogens is 312 g/mol. The van der Waals surface area contributed by atoms with Crippen molar-refractivity contribution in [3.05, 3.63) is 29.3 Å². The number of amides is 3. The molecule has 7 heteroatoms. The van der Waals surface area contributed by atoms with Crippen LogP contribution in [-0.2, 0) is 4.79 Å². The first-order valence-corrected chi connectivity index (χ1v) is 8.41. The van der Waals surface area contributed by atoms with E-state index in [1.807, 2.05) is 31.2 Å². The van der Waals surface area contributed by atoms with E-state index in [4.69, 9.17) is 0 Å².